The molecule has 1 aromatic rings. The second kappa shape index (κ2) is 6.17. The van der Waals surface area contributed by atoms with Crippen LogP contribution in [0.3, 0.4) is 0 Å². The van der Waals surface area contributed by atoms with Gasteiger partial charge < -0.3 is 5.32 Å². The number of benzene rings is 1. The first-order valence-corrected chi connectivity index (χ1v) is 8.17. The van der Waals surface area contributed by atoms with Crippen molar-refractivity contribution in [1.82, 2.24) is 10.2 Å². The van der Waals surface area contributed by atoms with Crippen molar-refractivity contribution in [2.75, 3.05) is 20.1 Å². The van der Waals surface area contributed by atoms with Gasteiger partial charge in [-0.2, -0.15) is 5.26 Å². The SMILES string of the molecule is CNC1(C#N)CCCC1CCN1CCc2ccccc2C1. The highest BCUT2D eigenvalue weighted by atomic mass is 15.1. The summed E-state index contributed by atoms with van der Waals surface area (Å²) in [6, 6.07) is 11.3. The number of nitrogens with zero attached hydrogens (tertiary/aromatic N) is 2. The van der Waals surface area contributed by atoms with Crippen LogP contribution in [0.15, 0.2) is 24.3 Å². The van der Waals surface area contributed by atoms with Gasteiger partial charge in [-0.1, -0.05) is 30.7 Å². The summed E-state index contributed by atoms with van der Waals surface area (Å²) in [6.45, 7) is 3.34. The maximum Gasteiger partial charge on any atom is 0.109 e. The first-order chi connectivity index (χ1) is 10.3. The van der Waals surface area contributed by atoms with Gasteiger partial charge in [-0.3, -0.25) is 4.90 Å². The molecule has 1 aliphatic heterocycles. The maximum absolute atomic E-state index is 9.53. The molecule has 0 radical (unpaired) electrons. The fraction of sp³-hybridized carbons (Fsp3) is 0.611. The van der Waals surface area contributed by atoms with Gasteiger partial charge in [-0.15, -0.1) is 0 Å². The van der Waals surface area contributed by atoms with E-state index in [2.05, 4.69) is 40.6 Å². The molecule has 0 spiro atoms. The van der Waals surface area contributed by atoms with Crippen LogP contribution in [0.4, 0.5) is 0 Å². The van der Waals surface area contributed by atoms with E-state index in [4.69, 9.17) is 0 Å². The van der Waals surface area contributed by atoms with Crippen molar-refractivity contribution in [2.45, 2.75) is 44.2 Å². The fourth-order valence-electron chi connectivity index (χ4n) is 4.08. The number of nitriles is 1. The van der Waals surface area contributed by atoms with Gasteiger partial charge in [0, 0.05) is 13.1 Å². The van der Waals surface area contributed by atoms with Crippen molar-refractivity contribution in [3.63, 3.8) is 0 Å². The standard InChI is InChI=1S/C18H25N3/c1-20-18(14-19)10-4-7-17(18)9-12-21-11-8-15-5-2-3-6-16(15)13-21/h2-3,5-6,17,20H,4,7-13H2,1H3. The van der Waals surface area contributed by atoms with Gasteiger partial charge in [0.1, 0.15) is 5.54 Å². The van der Waals surface area contributed by atoms with Gasteiger partial charge in [-0.05, 0) is 56.3 Å². The number of nitrogens with one attached hydrogen (secondary N) is 1. The predicted octanol–water partition coefficient (Wildman–Crippen LogP) is 2.72. The zero-order valence-corrected chi connectivity index (χ0v) is 12.9. The average molecular weight is 283 g/mol. The van der Waals surface area contributed by atoms with Crippen molar-refractivity contribution >= 4 is 0 Å². The van der Waals surface area contributed by atoms with Crippen molar-refractivity contribution in [2.24, 2.45) is 5.92 Å². The second-order valence-corrected chi connectivity index (χ2v) is 6.51. The van der Waals surface area contributed by atoms with Crippen LogP contribution in [0.1, 0.15) is 36.8 Å². The average Bonchev–Trinajstić information content (AvgIpc) is 2.96. The Morgan fingerprint density at radius 1 is 1.38 bits per heavy atom. The molecule has 3 heteroatoms. The normalized spacial score (nSPS) is 29.0. The summed E-state index contributed by atoms with van der Waals surface area (Å²) in [6.07, 6.45) is 5.68. The zero-order chi connectivity index (χ0) is 14.7. The van der Waals surface area contributed by atoms with Gasteiger partial charge >= 0.3 is 0 Å². The molecule has 0 aromatic heterocycles. The molecule has 0 saturated heterocycles. The molecule has 0 amide bonds. The number of rotatable bonds is 4. The van der Waals surface area contributed by atoms with Gasteiger partial charge in [0.2, 0.25) is 0 Å². The molecule has 2 unspecified atom stereocenters. The Labute approximate surface area is 128 Å². The van der Waals surface area contributed by atoms with E-state index in [-0.39, 0.29) is 5.54 Å². The van der Waals surface area contributed by atoms with Crippen molar-refractivity contribution in [3.05, 3.63) is 35.4 Å². The molecule has 21 heavy (non-hydrogen) atoms. The zero-order valence-electron chi connectivity index (χ0n) is 12.9. The fourth-order valence-corrected chi connectivity index (χ4v) is 4.08. The minimum Gasteiger partial charge on any atom is -0.302 e. The predicted molar refractivity (Wildman–Crippen MR) is 84.8 cm³/mol. The lowest BCUT2D eigenvalue weighted by Gasteiger charge is -2.33. The van der Waals surface area contributed by atoms with E-state index in [9.17, 15) is 5.26 Å². The molecule has 3 rings (SSSR count). The van der Waals surface area contributed by atoms with E-state index < -0.39 is 0 Å². The number of hydrogen-bond acceptors (Lipinski definition) is 3. The maximum atomic E-state index is 9.53. The molecule has 1 heterocycles. The highest BCUT2D eigenvalue weighted by Crippen LogP contribution is 2.37. The molecule has 1 fully saturated rings. The Kier molecular flexibility index (Phi) is 4.28. The lowest BCUT2D eigenvalue weighted by atomic mass is 9.85. The minimum absolute atomic E-state index is 0.270. The Morgan fingerprint density at radius 3 is 2.95 bits per heavy atom. The molecule has 3 nitrogen and oxygen atoms in total. The van der Waals surface area contributed by atoms with Crippen molar-refractivity contribution in [1.29, 1.82) is 5.26 Å². The smallest absolute Gasteiger partial charge is 0.109 e. The summed E-state index contributed by atoms with van der Waals surface area (Å²) in [4.78, 5) is 2.55. The third-order valence-electron chi connectivity index (χ3n) is 5.47. The molecule has 0 bridgehead atoms. The van der Waals surface area contributed by atoms with Gasteiger partial charge in [0.05, 0.1) is 6.07 Å². The second-order valence-electron chi connectivity index (χ2n) is 6.51. The molecular formula is C18H25N3. The summed E-state index contributed by atoms with van der Waals surface area (Å²) in [5.74, 6) is 0.504. The van der Waals surface area contributed by atoms with Crippen LogP contribution in [-0.2, 0) is 13.0 Å². The van der Waals surface area contributed by atoms with E-state index in [0.29, 0.717) is 5.92 Å². The van der Waals surface area contributed by atoms with Gasteiger partial charge in [0.25, 0.3) is 0 Å². The summed E-state index contributed by atoms with van der Waals surface area (Å²) in [5.41, 5.74) is 2.72. The molecule has 1 saturated carbocycles. The molecule has 1 N–H and O–H groups in total. The minimum atomic E-state index is -0.270. The number of fused-ring (bicyclic) bond motifs is 1. The summed E-state index contributed by atoms with van der Waals surface area (Å²) >= 11 is 0. The number of hydrogen-bond donors (Lipinski definition) is 1. The van der Waals surface area contributed by atoms with Crippen LogP contribution in [0.2, 0.25) is 0 Å². The highest BCUT2D eigenvalue weighted by molar-refractivity contribution is 5.29. The molecule has 2 atom stereocenters. The molecule has 1 aromatic carbocycles. The molecule has 2 aliphatic rings. The largest absolute Gasteiger partial charge is 0.302 e. The highest BCUT2D eigenvalue weighted by Gasteiger charge is 2.41. The third-order valence-corrected chi connectivity index (χ3v) is 5.47. The Hall–Kier alpha value is -1.37. The molecule has 1 aliphatic carbocycles. The quantitative estimate of drug-likeness (QED) is 0.923. The monoisotopic (exact) mass is 283 g/mol. The summed E-state index contributed by atoms with van der Waals surface area (Å²) in [5, 5.41) is 12.8. The molecular weight excluding hydrogens is 258 g/mol. The van der Waals surface area contributed by atoms with E-state index in [1.165, 1.54) is 24.0 Å². The van der Waals surface area contributed by atoms with E-state index in [1.54, 1.807) is 0 Å². The Morgan fingerprint density at radius 2 is 2.19 bits per heavy atom. The first kappa shape index (κ1) is 14.6. The van der Waals surface area contributed by atoms with Gasteiger partial charge in [0.15, 0.2) is 0 Å². The van der Waals surface area contributed by atoms with Crippen LogP contribution < -0.4 is 5.32 Å². The van der Waals surface area contributed by atoms with E-state index in [0.717, 1.165) is 38.9 Å². The Balaban J connectivity index is 1.58. The van der Waals surface area contributed by atoms with Crippen LogP contribution in [0, 0.1) is 17.2 Å². The topological polar surface area (TPSA) is 39.1 Å². The summed E-state index contributed by atoms with van der Waals surface area (Å²) < 4.78 is 0. The summed E-state index contributed by atoms with van der Waals surface area (Å²) in [7, 11) is 1.94. The first-order valence-electron chi connectivity index (χ1n) is 8.17. The van der Waals surface area contributed by atoms with E-state index in [1.807, 2.05) is 7.05 Å². The van der Waals surface area contributed by atoms with Crippen LogP contribution in [0.5, 0.6) is 0 Å². The van der Waals surface area contributed by atoms with Crippen LogP contribution in [-0.4, -0.2) is 30.6 Å². The van der Waals surface area contributed by atoms with Crippen LogP contribution >= 0.6 is 0 Å². The molecule has 112 valence electrons. The third kappa shape index (κ3) is 2.84. The lowest BCUT2D eigenvalue weighted by molar-refractivity contribution is 0.213. The van der Waals surface area contributed by atoms with Crippen molar-refractivity contribution in [3.8, 4) is 6.07 Å². The Bertz CT molecular complexity index is 534. The lowest BCUT2D eigenvalue weighted by Crippen LogP contribution is -2.46. The van der Waals surface area contributed by atoms with Crippen LogP contribution in [0.25, 0.3) is 0 Å². The van der Waals surface area contributed by atoms with Crippen molar-refractivity contribution < 1.29 is 0 Å². The van der Waals surface area contributed by atoms with Gasteiger partial charge in [-0.25, -0.2) is 0 Å². The van der Waals surface area contributed by atoms with E-state index >= 15 is 0 Å².